The highest BCUT2D eigenvalue weighted by molar-refractivity contribution is 5.73. The van der Waals surface area contributed by atoms with Gasteiger partial charge >= 0.3 is 12.1 Å². The fraction of sp³-hybridized carbons (Fsp3) is 0.600. The van der Waals surface area contributed by atoms with Crippen LogP contribution in [0.5, 0.6) is 0 Å². The van der Waals surface area contributed by atoms with Crippen LogP contribution >= 0.6 is 0 Å². The Balaban J connectivity index is 1.94. The third kappa shape index (κ3) is 5.46. The third-order valence-electron chi connectivity index (χ3n) is 4.43. The number of hydrogen-bond acceptors (Lipinski definition) is 5. The molecule has 1 aromatic rings. The molecule has 0 unspecified atom stereocenters. The molecule has 1 saturated heterocycles. The van der Waals surface area contributed by atoms with E-state index in [1.165, 1.54) is 4.90 Å². The standard InChI is InChI=1S/C20H29NO5/c1-14(18(23)25-13-15-9-6-5-7-10-15)17(22)16-11-8-12-21(16)19(24)26-20(2,3)4/h5-7,9-10,14,16-17,22H,8,11-13H2,1-4H3/t14-,16+,17-/m1/s1. The molecule has 6 heteroatoms. The SMILES string of the molecule is C[C@@H](C(=O)OCc1ccccc1)[C@@H](O)[C@@H]1CCCN1C(=O)OC(C)(C)C. The van der Waals surface area contributed by atoms with E-state index in [1.807, 2.05) is 30.3 Å². The summed E-state index contributed by atoms with van der Waals surface area (Å²) >= 11 is 0. The van der Waals surface area contributed by atoms with Gasteiger partial charge in [-0.2, -0.15) is 0 Å². The first-order valence-corrected chi connectivity index (χ1v) is 9.07. The maximum absolute atomic E-state index is 12.4. The van der Waals surface area contributed by atoms with Crippen LogP contribution in [0.25, 0.3) is 0 Å². The Morgan fingerprint density at radius 1 is 1.27 bits per heavy atom. The van der Waals surface area contributed by atoms with Gasteiger partial charge in [-0.15, -0.1) is 0 Å². The maximum atomic E-state index is 12.4. The normalized spacial score (nSPS) is 19.7. The fourth-order valence-electron chi connectivity index (χ4n) is 3.03. The van der Waals surface area contributed by atoms with Gasteiger partial charge in [-0.1, -0.05) is 30.3 Å². The van der Waals surface area contributed by atoms with Gasteiger partial charge in [0.2, 0.25) is 0 Å². The second kappa shape index (κ2) is 8.54. The van der Waals surface area contributed by atoms with Crippen LogP contribution in [0.4, 0.5) is 4.79 Å². The van der Waals surface area contributed by atoms with E-state index in [4.69, 9.17) is 9.47 Å². The zero-order chi connectivity index (χ0) is 19.3. The molecule has 6 nitrogen and oxygen atoms in total. The number of hydrogen-bond donors (Lipinski definition) is 1. The minimum absolute atomic E-state index is 0.164. The van der Waals surface area contributed by atoms with Crippen LogP contribution in [0.2, 0.25) is 0 Å². The van der Waals surface area contributed by atoms with Gasteiger partial charge in [0.25, 0.3) is 0 Å². The van der Waals surface area contributed by atoms with Crippen LogP contribution in [0.15, 0.2) is 30.3 Å². The average Bonchev–Trinajstić information content (AvgIpc) is 3.07. The largest absolute Gasteiger partial charge is 0.461 e. The maximum Gasteiger partial charge on any atom is 0.410 e. The number of esters is 1. The van der Waals surface area contributed by atoms with Gasteiger partial charge in [0, 0.05) is 6.54 Å². The molecule has 1 aliphatic heterocycles. The van der Waals surface area contributed by atoms with E-state index in [0.29, 0.717) is 13.0 Å². The molecule has 144 valence electrons. The topological polar surface area (TPSA) is 76.1 Å². The van der Waals surface area contributed by atoms with Gasteiger partial charge in [0.05, 0.1) is 18.1 Å². The van der Waals surface area contributed by atoms with Crippen molar-refractivity contribution in [1.82, 2.24) is 4.90 Å². The van der Waals surface area contributed by atoms with E-state index in [-0.39, 0.29) is 6.61 Å². The Morgan fingerprint density at radius 2 is 1.92 bits per heavy atom. The summed E-state index contributed by atoms with van der Waals surface area (Å²) in [5, 5.41) is 10.7. The number of nitrogens with zero attached hydrogens (tertiary/aromatic N) is 1. The van der Waals surface area contributed by atoms with E-state index in [9.17, 15) is 14.7 Å². The van der Waals surface area contributed by atoms with Crippen molar-refractivity contribution in [2.75, 3.05) is 6.54 Å². The average molecular weight is 363 g/mol. The van der Waals surface area contributed by atoms with Crippen molar-refractivity contribution in [3.8, 4) is 0 Å². The molecule has 0 aliphatic carbocycles. The zero-order valence-electron chi connectivity index (χ0n) is 16.0. The number of carbonyl (C=O) groups is 2. The number of benzene rings is 1. The molecule has 1 amide bonds. The molecule has 0 radical (unpaired) electrons. The number of aliphatic hydroxyl groups is 1. The summed E-state index contributed by atoms with van der Waals surface area (Å²) in [4.78, 5) is 26.2. The summed E-state index contributed by atoms with van der Waals surface area (Å²) in [6, 6.07) is 8.94. The molecule has 26 heavy (non-hydrogen) atoms. The van der Waals surface area contributed by atoms with Crippen molar-refractivity contribution in [3.63, 3.8) is 0 Å². The zero-order valence-corrected chi connectivity index (χ0v) is 16.0. The van der Waals surface area contributed by atoms with Crippen LogP contribution in [-0.4, -0.2) is 46.4 Å². The molecular weight excluding hydrogens is 334 g/mol. The Kier molecular flexibility index (Phi) is 6.64. The van der Waals surface area contributed by atoms with Crippen LogP contribution in [-0.2, 0) is 20.9 Å². The van der Waals surface area contributed by atoms with Gasteiger partial charge in [-0.25, -0.2) is 4.79 Å². The Bertz CT molecular complexity index is 610. The first kappa shape index (κ1) is 20.2. The van der Waals surface area contributed by atoms with E-state index in [1.54, 1.807) is 27.7 Å². The minimum Gasteiger partial charge on any atom is -0.461 e. The quantitative estimate of drug-likeness (QED) is 0.814. The summed E-state index contributed by atoms with van der Waals surface area (Å²) in [7, 11) is 0. The van der Waals surface area contributed by atoms with Crippen LogP contribution < -0.4 is 0 Å². The molecule has 1 aromatic carbocycles. The summed E-state index contributed by atoms with van der Waals surface area (Å²) in [5.74, 6) is -1.20. The van der Waals surface area contributed by atoms with Crippen molar-refractivity contribution in [2.45, 2.75) is 64.9 Å². The van der Waals surface area contributed by atoms with Crippen LogP contribution in [0.3, 0.4) is 0 Å². The first-order valence-electron chi connectivity index (χ1n) is 9.07. The van der Waals surface area contributed by atoms with Crippen molar-refractivity contribution in [3.05, 3.63) is 35.9 Å². The third-order valence-corrected chi connectivity index (χ3v) is 4.43. The van der Waals surface area contributed by atoms with E-state index < -0.39 is 35.7 Å². The molecule has 1 heterocycles. The smallest absolute Gasteiger partial charge is 0.410 e. The summed E-state index contributed by atoms with van der Waals surface area (Å²) < 4.78 is 10.7. The van der Waals surface area contributed by atoms with Crippen LogP contribution in [0.1, 0.15) is 46.1 Å². The van der Waals surface area contributed by atoms with Crippen molar-refractivity contribution in [1.29, 1.82) is 0 Å². The summed E-state index contributed by atoms with van der Waals surface area (Å²) in [6.07, 6.45) is -0.0408. The van der Waals surface area contributed by atoms with E-state index in [2.05, 4.69) is 0 Å². The Morgan fingerprint density at radius 3 is 2.54 bits per heavy atom. The summed E-state index contributed by atoms with van der Waals surface area (Å²) in [5.41, 5.74) is 0.286. The molecule has 0 bridgehead atoms. The minimum atomic E-state index is -0.992. The second-order valence-electron chi connectivity index (χ2n) is 7.76. The van der Waals surface area contributed by atoms with Crippen molar-refractivity contribution >= 4 is 12.1 Å². The molecule has 2 rings (SSSR count). The number of likely N-dealkylation sites (tertiary alicyclic amines) is 1. The lowest BCUT2D eigenvalue weighted by Gasteiger charge is -2.32. The lowest BCUT2D eigenvalue weighted by Crippen LogP contribution is -2.48. The van der Waals surface area contributed by atoms with E-state index >= 15 is 0 Å². The predicted molar refractivity (Wildman–Crippen MR) is 97.4 cm³/mol. The van der Waals surface area contributed by atoms with Gasteiger partial charge in [0.15, 0.2) is 0 Å². The Hall–Kier alpha value is -2.08. The number of amides is 1. The number of carbonyl (C=O) groups excluding carboxylic acids is 2. The van der Waals surface area contributed by atoms with Gasteiger partial charge in [-0.3, -0.25) is 4.79 Å². The first-order chi connectivity index (χ1) is 12.2. The molecule has 0 aromatic heterocycles. The summed E-state index contributed by atoms with van der Waals surface area (Å²) in [6.45, 7) is 7.71. The molecule has 0 saturated carbocycles. The number of aliphatic hydroxyl groups excluding tert-OH is 1. The number of ether oxygens (including phenoxy) is 2. The van der Waals surface area contributed by atoms with Gasteiger partial charge in [0.1, 0.15) is 12.2 Å². The molecular formula is C20H29NO5. The monoisotopic (exact) mass is 363 g/mol. The molecule has 1 fully saturated rings. The highest BCUT2D eigenvalue weighted by atomic mass is 16.6. The van der Waals surface area contributed by atoms with Crippen molar-refractivity contribution < 1.29 is 24.2 Å². The lowest BCUT2D eigenvalue weighted by molar-refractivity contribution is -0.154. The van der Waals surface area contributed by atoms with Crippen molar-refractivity contribution in [2.24, 2.45) is 5.92 Å². The molecule has 1 N–H and O–H groups in total. The molecule has 1 aliphatic rings. The highest BCUT2D eigenvalue weighted by Gasteiger charge is 2.40. The molecule has 3 atom stereocenters. The Labute approximate surface area is 155 Å². The van der Waals surface area contributed by atoms with Crippen LogP contribution in [0, 0.1) is 5.92 Å². The molecule has 0 spiro atoms. The highest BCUT2D eigenvalue weighted by Crippen LogP contribution is 2.26. The van der Waals surface area contributed by atoms with Gasteiger partial charge in [-0.05, 0) is 46.1 Å². The van der Waals surface area contributed by atoms with E-state index in [0.717, 1.165) is 12.0 Å². The predicted octanol–water partition coefficient (Wildman–Crippen LogP) is 3.13. The number of rotatable bonds is 5. The second-order valence-corrected chi connectivity index (χ2v) is 7.76. The lowest BCUT2D eigenvalue weighted by atomic mass is 9.96. The fourth-order valence-corrected chi connectivity index (χ4v) is 3.03. The van der Waals surface area contributed by atoms with Gasteiger partial charge < -0.3 is 19.5 Å².